The summed E-state index contributed by atoms with van der Waals surface area (Å²) in [5.74, 6) is 0.739. The Bertz CT molecular complexity index is 667. The Labute approximate surface area is 119 Å². The molecule has 0 fully saturated rings. The molecule has 6 heteroatoms. The quantitative estimate of drug-likeness (QED) is 0.932. The van der Waals surface area contributed by atoms with Crippen molar-refractivity contribution in [1.82, 2.24) is 9.78 Å². The number of nitrogens with two attached hydrogens (primary N) is 1. The molecule has 1 aromatic carbocycles. The molecule has 0 atom stereocenters. The van der Waals surface area contributed by atoms with Gasteiger partial charge in [0.25, 0.3) is 5.56 Å². The Hall–Kier alpha value is -1.66. The zero-order valence-corrected chi connectivity index (χ0v) is 12.3. The number of rotatable bonds is 3. The van der Waals surface area contributed by atoms with E-state index in [0.717, 1.165) is 21.3 Å². The molecule has 0 unspecified atom stereocenters. The number of aromatic nitrogens is 2. The first-order valence-electron chi connectivity index (χ1n) is 5.68. The molecule has 1 heterocycles. The number of hydrogen-bond donors (Lipinski definition) is 1. The van der Waals surface area contributed by atoms with Gasteiger partial charge in [0, 0.05) is 25.2 Å². The monoisotopic (exact) mass is 323 g/mol. The first kappa shape index (κ1) is 13.8. The molecular weight excluding hydrogens is 310 g/mol. The Morgan fingerprint density at radius 2 is 2.16 bits per heavy atom. The van der Waals surface area contributed by atoms with Gasteiger partial charge in [0.1, 0.15) is 5.75 Å². The fraction of sp³-hybridized carbons (Fsp3) is 0.231. The van der Waals surface area contributed by atoms with Gasteiger partial charge in [0.15, 0.2) is 0 Å². The molecule has 2 rings (SSSR count). The number of benzene rings is 1. The summed E-state index contributed by atoms with van der Waals surface area (Å²) < 4.78 is 7.31. The lowest BCUT2D eigenvalue weighted by Gasteiger charge is -2.10. The average molecular weight is 324 g/mol. The van der Waals surface area contributed by atoms with Crippen LogP contribution in [0.2, 0.25) is 0 Å². The third kappa shape index (κ3) is 2.69. The molecule has 1 aromatic heterocycles. The number of nitrogens with zero attached hydrogens (tertiary/aromatic N) is 2. The second-order valence-corrected chi connectivity index (χ2v) is 4.89. The van der Waals surface area contributed by atoms with E-state index in [1.54, 1.807) is 14.2 Å². The third-order valence-corrected chi connectivity index (χ3v) is 3.44. The molecular formula is C13H14BrN3O2. The van der Waals surface area contributed by atoms with Crippen LogP contribution in [0.3, 0.4) is 0 Å². The van der Waals surface area contributed by atoms with Gasteiger partial charge in [-0.2, -0.15) is 5.10 Å². The van der Waals surface area contributed by atoms with Gasteiger partial charge < -0.3 is 10.5 Å². The standard InChI is InChI=1S/C13H14BrN3O2/c1-17-12(18)6-9(7-15)13(16-17)8-3-4-11(19-2)10(14)5-8/h3-6H,7,15H2,1-2H3. The van der Waals surface area contributed by atoms with Crippen molar-refractivity contribution in [1.29, 1.82) is 0 Å². The largest absolute Gasteiger partial charge is 0.496 e. The lowest BCUT2D eigenvalue weighted by atomic mass is 10.1. The Morgan fingerprint density at radius 3 is 2.74 bits per heavy atom. The second-order valence-electron chi connectivity index (χ2n) is 4.03. The lowest BCUT2D eigenvalue weighted by molar-refractivity contribution is 0.412. The molecule has 0 radical (unpaired) electrons. The topological polar surface area (TPSA) is 70.1 Å². The van der Waals surface area contributed by atoms with Crippen molar-refractivity contribution in [3.05, 3.63) is 44.7 Å². The first-order valence-corrected chi connectivity index (χ1v) is 6.47. The SMILES string of the molecule is COc1ccc(-c2nn(C)c(=O)cc2CN)cc1Br. The van der Waals surface area contributed by atoms with Gasteiger partial charge in [0.2, 0.25) is 0 Å². The van der Waals surface area contributed by atoms with Crippen molar-refractivity contribution in [2.75, 3.05) is 7.11 Å². The highest BCUT2D eigenvalue weighted by molar-refractivity contribution is 9.10. The van der Waals surface area contributed by atoms with Gasteiger partial charge in [-0.3, -0.25) is 4.79 Å². The molecule has 0 bridgehead atoms. The summed E-state index contributed by atoms with van der Waals surface area (Å²) in [6.45, 7) is 0.266. The molecule has 19 heavy (non-hydrogen) atoms. The van der Waals surface area contributed by atoms with Crippen molar-refractivity contribution in [3.63, 3.8) is 0 Å². The van der Waals surface area contributed by atoms with E-state index in [9.17, 15) is 4.79 Å². The number of ether oxygens (including phenoxy) is 1. The van der Waals surface area contributed by atoms with Crippen LogP contribution in [0.5, 0.6) is 5.75 Å². The van der Waals surface area contributed by atoms with Gasteiger partial charge in [-0.25, -0.2) is 4.68 Å². The summed E-state index contributed by atoms with van der Waals surface area (Å²) in [5, 5.41) is 4.27. The molecule has 2 N–H and O–H groups in total. The van der Waals surface area contributed by atoms with Crippen LogP contribution in [0.15, 0.2) is 33.5 Å². The Morgan fingerprint density at radius 1 is 1.42 bits per heavy atom. The normalized spacial score (nSPS) is 10.5. The molecule has 0 aliphatic rings. The highest BCUT2D eigenvalue weighted by Crippen LogP contribution is 2.30. The summed E-state index contributed by atoms with van der Waals surface area (Å²) in [6.07, 6.45) is 0. The zero-order chi connectivity index (χ0) is 14.0. The molecule has 100 valence electrons. The van der Waals surface area contributed by atoms with E-state index in [1.807, 2.05) is 18.2 Å². The van der Waals surface area contributed by atoms with Crippen LogP contribution in [0.25, 0.3) is 11.3 Å². The van der Waals surface area contributed by atoms with E-state index in [1.165, 1.54) is 10.7 Å². The smallest absolute Gasteiger partial charge is 0.266 e. The molecule has 0 saturated heterocycles. The van der Waals surface area contributed by atoms with E-state index in [-0.39, 0.29) is 12.1 Å². The minimum atomic E-state index is -0.170. The minimum absolute atomic E-state index is 0.170. The molecule has 2 aromatic rings. The molecule has 0 amide bonds. The Kier molecular flexibility index (Phi) is 4.01. The molecule has 0 aliphatic heterocycles. The molecule has 0 spiro atoms. The average Bonchev–Trinajstić information content (AvgIpc) is 2.41. The fourth-order valence-corrected chi connectivity index (χ4v) is 2.33. The van der Waals surface area contributed by atoms with Gasteiger partial charge >= 0.3 is 0 Å². The number of methoxy groups -OCH3 is 1. The van der Waals surface area contributed by atoms with Gasteiger partial charge in [-0.15, -0.1) is 0 Å². The highest BCUT2D eigenvalue weighted by atomic mass is 79.9. The first-order chi connectivity index (χ1) is 9.06. The summed E-state index contributed by atoms with van der Waals surface area (Å²) in [6, 6.07) is 7.13. The third-order valence-electron chi connectivity index (χ3n) is 2.82. The van der Waals surface area contributed by atoms with Crippen LogP contribution >= 0.6 is 15.9 Å². The van der Waals surface area contributed by atoms with Gasteiger partial charge in [-0.1, -0.05) is 0 Å². The summed E-state index contributed by atoms with van der Waals surface area (Å²) >= 11 is 3.43. The van der Waals surface area contributed by atoms with Crippen LogP contribution in [0, 0.1) is 0 Å². The molecule has 5 nitrogen and oxygen atoms in total. The zero-order valence-electron chi connectivity index (χ0n) is 10.7. The van der Waals surface area contributed by atoms with E-state index in [4.69, 9.17) is 10.5 Å². The van der Waals surface area contributed by atoms with Crippen LogP contribution in [-0.4, -0.2) is 16.9 Å². The number of halogens is 1. The minimum Gasteiger partial charge on any atom is -0.496 e. The van der Waals surface area contributed by atoms with Crippen LogP contribution in [0.4, 0.5) is 0 Å². The van der Waals surface area contributed by atoms with Crippen molar-refractivity contribution in [2.24, 2.45) is 12.8 Å². The van der Waals surface area contributed by atoms with E-state index in [2.05, 4.69) is 21.0 Å². The van der Waals surface area contributed by atoms with Gasteiger partial charge in [0.05, 0.1) is 17.3 Å². The molecule has 0 aliphatic carbocycles. The Balaban J connectivity index is 2.61. The molecule has 0 saturated carbocycles. The maximum absolute atomic E-state index is 11.6. The predicted molar refractivity (Wildman–Crippen MR) is 77.1 cm³/mol. The van der Waals surface area contributed by atoms with E-state index >= 15 is 0 Å². The maximum atomic E-state index is 11.6. The fourth-order valence-electron chi connectivity index (χ4n) is 1.79. The summed E-state index contributed by atoms with van der Waals surface area (Å²) in [7, 11) is 3.22. The number of hydrogen-bond acceptors (Lipinski definition) is 4. The second kappa shape index (κ2) is 5.54. The summed E-state index contributed by atoms with van der Waals surface area (Å²) in [5.41, 5.74) is 7.81. The van der Waals surface area contributed by atoms with Crippen LogP contribution < -0.4 is 16.0 Å². The van der Waals surface area contributed by atoms with Crippen molar-refractivity contribution < 1.29 is 4.74 Å². The van der Waals surface area contributed by atoms with Crippen molar-refractivity contribution in [2.45, 2.75) is 6.54 Å². The van der Waals surface area contributed by atoms with Crippen LogP contribution in [0.1, 0.15) is 5.56 Å². The predicted octanol–water partition coefficient (Wildman–Crippen LogP) is 1.68. The number of aryl methyl sites for hydroxylation is 1. The van der Waals surface area contributed by atoms with Crippen LogP contribution in [-0.2, 0) is 13.6 Å². The summed E-state index contributed by atoms with van der Waals surface area (Å²) in [4.78, 5) is 11.6. The van der Waals surface area contributed by atoms with Gasteiger partial charge in [-0.05, 0) is 39.7 Å². The van der Waals surface area contributed by atoms with Crippen molar-refractivity contribution in [3.8, 4) is 17.0 Å². The van der Waals surface area contributed by atoms with Crippen molar-refractivity contribution >= 4 is 15.9 Å². The lowest BCUT2D eigenvalue weighted by Crippen LogP contribution is -2.21. The highest BCUT2D eigenvalue weighted by Gasteiger charge is 2.10. The van der Waals surface area contributed by atoms with E-state index < -0.39 is 0 Å². The maximum Gasteiger partial charge on any atom is 0.266 e. The van der Waals surface area contributed by atoms with E-state index in [0.29, 0.717) is 5.69 Å².